The molecule has 0 aliphatic heterocycles. The Morgan fingerprint density at radius 3 is 2.62 bits per heavy atom. The summed E-state index contributed by atoms with van der Waals surface area (Å²) < 4.78 is 0. The third-order valence-corrected chi connectivity index (χ3v) is 3.48. The van der Waals surface area contributed by atoms with Crippen LogP contribution in [0.5, 0.6) is 0 Å². The van der Waals surface area contributed by atoms with E-state index in [0.29, 0.717) is 6.04 Å². The summed E-state index contributed by atoms with van der Waals surface area (Å²) in [5.74, 6) is 0.899. The van der Waals surface area contributed by atoms with Gasteiger partial charge in [-0.1, -0.05) is 0 Å². The molecule has 0 aromatic rings. The molecule has 13 heavy (non-hydrogen) atoms. The van der Waals surface area contributed by atoms with Gasteiger partial charge in [0.25, 0.3) is 0 Å². The lowest BCUT2D eigenvalue weighted by Gasteiger charge is -2.28. The van der Waals surface area contributed by atoms with Crippen molar-refractivity contribution >= 4 is 0 Å². The van der Waals surface area contributed by atoms with Gasteiger partial charge in [0, 0.05) is 12.1 Å². The third kappa shape index (κ3) is 2.96. The molecule has 0 saturated heterocycles. The lowest BCUT2D eigenvalue weighted by molar-refractivity contribution is 0.193. The molecule has 0 aromatic carbocycles. The molecule has 1 fully saturated rings. The van der Waals surface area contributed by atoms with Crippen LogP contribution in [0.25, 0.3) is 0 Å². The molecular weight excluding hydrogens is 160 g/mol. The largest absolute Gasteiger partial charge is 0.330 e. The van der Waals surface area contributed by atoms with E-state index < -0.39 is 0 Å². The fourth-order valence-corrected chi connectivity index (χ4v) is 2.34. The van der Waals surface area contributed by atoms with E-state index in [1.165, 1.54) is 25.7 Å². The number of hydrogen-bond donors (Lipinski definition) is 1. The number of nitrogens with zero attached hydrogens (tertiary/aromatic N) is 1. The van der Waals surface area contributed by atoms with Gasteiger partial charge in [0.05, 0.1) is 0 Å². The summed E-state index contributed by atoms with van der Waals surface area (Å²) in [6, 6.07) is 1.50. The normalized spacial score (nSPS) is 29.1. The Morgan fingerprint density at radius 2 is 2.08 bits per heavy atom. The predicted molar refractivity (Wildman–Crippen MR) is 57.7 cm³/mol. The van der Waals surface area contributed by atoms with Gasteiger partial charge in [0.15, 0.2) is 0 Å². The molecule has 2 unspecified atom stereocenters. The van der Waals surface area contributed by atoms with E-state index in [-0.39, 0.29) is 0 Å². The molecule has 1 aliphatic carbocycles. The van der Waals surface area contributed by atoms with E-state index >= 15 is 0 Å². The summed E-state index contributed by atoms with van der Waals surface area (Å²) in [5.41, 5.74) is 5.58. The maximum atomic E-state index is 5.58. The highest BCUT2D eigenvalue weighted by atomic mass is 15.2. The first-order valence-electron chi connectivity index (χ1n) is 5.57. The smallest absolute Gasteiger partial charge is 0.00976 e. The number of rotatable bonds is 4. The Labute approximate surface area is 82.5 Å². The average molecular weight is 184 g/mol. The van der Waals surface area contributed by atoms with Crippen LogP contribution in [0.3, 0.4) is 0 Å². The maximum absolute atomic E-state index is 5.58. The van der Waals surface area contributed by atoms with E-state index in [1.54, 1.807) is 0 Å². The Balaban J connectivity index is 2.31. The van der Waals surface area contributed by atoms with Crippen molar-refractivity contribution < 1.29 is 0 Å². The Bertz CT molecular complexity index is 145. The van der Waals surface area contributed by atoms with Gasteiger partial charge >= 0.3 is 0 Å². The number of hydrogen-bond acceptors (Lipinski definition) is 2. The van der Waals surface area contributed by atoms with Gasteiger partial charge in [-0.3, -0.25) is 0 Å². The van der Waals surface area contributed by atoms with Gasteiger partial charge < -0.3 is 10.6 Å². The second-order valence-electron chi connectivity index (χ2n) is 4.67. The topological polar surface area (TPSA) is 29.3 Å². The Kier molecular flexibility index (Phi) is 4.20. The van der Waals surface area contributed by atoms with Crippen molar-refractivity contribution in [1.29, 1.82) is 0 Å². The zero-order valence-corrected chi connectivity index (χ0v) is 9.29. The van der Waals surface area contributed by atoms with Crippen LogP contribution in [0, 0.1) is 5.92 Å². The van der Waals surface area contributed by atoms with Crippen molar-refractivity contribution in [2.45, 2.75) is 51.6 Å². The fraction of sp³-hybridized carbons (Fsp3) is 1.00. The molecule has 1 aliphatic rings. The molecule has 0 spiro atoms. The fourth-order valence-electron chi connectivity index (χ4n) is 2.34. The minimum absolute atomic E-state index is 0.682. The van der Waals surface area contributed by atoms with Crippen LogP contribution in [-0.2, 0) is 0 Å². The quantitative estimate of drug-likeness (QED) is 0.722. The molecule has 0 bridgehead atoms. The van der Waals surface area contributed by atoms with E-state index in [4.69, 9.17) is 5.73 Å². The molecule has 0 heterocycles. The van der Waals surface area contributed by atoms with E-state index in [0.717, 1.165) is 18.5 Å². The predicted octanol–water partition coefficient (Wildman–Crippen LogP) is 1.84. The molecule has 0 radical (unpaired) electrons. The molecule has 1 rings (SSSR count). The van der Waals surface area contributed by atoms with Gasteiger partial charge in [0.2, 0.25) is 0 Å². The first kappa shape index (κ1) is 11.0. The summed E-state index contributed by atoms with van der Waals surface area (Å²) >= 11 is 0. The van der Waals surface area contributed by atoms with Gasteiger partial charge in [-0.2, -0.15) is 0 Å². The standard InChI is InChI=1S/C11H24N2/c1-9(2)13(3)11-5-4-10(8-11)6-7-12/h9-11H,4-8,12H2,1-3H3. The summed E-state index contributed by atoms with van der Waals surface area (Å²) in [5, 5.41) is 0. The first-order valence-corrected chi connectivity index (χ1v) is 5.57. The van der Waals surface area contributed by atoms with Crippen LogP contribution in [0.15, 0.2) is 0 Å². The van der Waals surface area contributed by atoms with Crippen molar-refractivity contribution in [3.63, 3.8) is 0 Å². The highest BCUT2D eigenvalue weighted by Crippen LogP contribution is 2.31. The van der Waals surface area contributed by atoms with Crippen LogP contribution < -0.4 is 5.73 Å². The second-order valence-corrected chi connectivity index (χ2v) is 4.67. The third-order valence-electron chi connectivity index (χ3n) is 3.48. The van der Waals surface area contributed by atoms with Crippen LogP contribution in [0.4, 0.5) is 0 Å². The maximum Gasteiger partial charge on any atom is 0.00976 e. The van der Waals surface area contributed by atoms with Crippen molar-refractivity contribution in [1.82, 2.24) is 4.90 Å². The summed E-state index contributed by atoms with van der Waals surface area (Å²) in [7, 11) is 2.25. The molecule has 2 heteroatoms. The van der Waals surface area contributed by atoms with Crippen LogP contribution in [-0.4, -0.2) is 30.6 Å². The molecule has 78 valence electrons. The highest BCUT2D eigenvalue weighted by Gasteiger charge is 2.27. The van der Waals surface area contributed by atoms with Crippen LogP contribution >= 0.6 is 0 Å². The van der Waals surface area contributed by atoms with Crippen molar-refractivity contribution in [3.8, 4) is 0 Å². The number of nitrogens with two attached hydrogens (primary N) is 1. The van der Waals surface area contributed by atoms with Crippen molar-refractivity contribution in [2.24, 2.45) is 11.7 Å². The lowest BCUT2D eigenvalue weighted by Crippen LogP contribution is -2.35. The highest BCUT2D eigenvalue weighted by molar-refractivity contribution is 4.82. The summed E-state index contributed by atoms with van der Waals surface area (Å²) in [4.78, 5) is 2.51. The molecule has 2 N–H and O–H groups in total. The van der Waals surface area contributed by atoms with E-state index in [1.807, 2.05) is 0 Å². The molecule has 2 atom stereocenters. The zero-order chi connectivity index (χ0) is 9.84. The second kappa shape index (κ2) is 4.97. The van der Waals surface area contributed by atoms with Gasteiger partial charge in [-0.25, -0.2) is 0 Å². The first-order chi connectivity index (χ1) is 6.15. The van der Waals surface area contributed by atoms with Crippen LogP contribution in [0.1, 0.15) is 39.5 Å². The van der Waals surface area contributed by atoms with Gasteiger partial charge in [0.1, 0.15) is 0 Å². The van der Waals surface area contributed by atoms with Crippen LogP contribution in [0.2, 0.25) is 0 Å². The van der Waals surface area contributed by atoms with Gasteiger partial charge in [-0.15, -0.1) is 0 Å². The van der Waals surface area contributed by atoms with Gasteiger partial charge in [-0.05, 0) is 59.0 Å². The average Bonchev–Trinajstić information content (AvgIpc) is 2.52. The zero-order valence-electron chi connectivity index (χ0n) is 9.29. The lowest BCUT2D eigenvalue weighted by atomic mass is 10.0. The van der Waals surface area contributed by atoms with E-state index in [9.17, 15) is 0 Å². The Hall–Kier alpha value is -0.0800. The summed E-state index contributed by atoms with van der Waals surface area (Å²) in [6.45, 7) is 5.41. The molecule has 0 amide bonds. The van der Waals surface area contributed by atoms with Crippen molar-refractivity contribution in [3.05, 3.63) is 0 Å². The van der Waals surface area contributed by atoms with E-state index in [2.05, 4.69) is 25.8 Å². The molecule has 0 aromatic heterocycles. The molecule has 2 nitrogen and oxygen atoms in total. The molecular formula is C11H24N2. The van der Waals surface area contributed by atoms with Crippen molar-refractivity contribution in [2.75, 3.05) is 13.6 Å². The Morgan fingerprint density at radius 1 is 1.38 bits per heavy atom. The minimum atomic E-state index is 0.682. The monoisotopic (exact) mass is 184 g/mol. The molecule has 1 saturated carbocycles. The minimum Gasteiger partial charge on any atom is -0.330 e. The summed E-state index contributed by atoms with van der Waals surface area (Å²) in [6.07, 6.45) is 5.35. The SMILES string of the molecule is CC(C)N(C)C1CCC(CCN)C1.